The molecule has 1 amide bonds. The molecular weight excluding hydrogens is 473 g/mol. The average Bonchev–Trinajstić information content (AvgIpc) is 3.12. The number of anilines is 1. The Kier molecular flexibility index (Phi) is 5.47. The highest BCUT2D eigenvalue weighted by Crippen LogP contribution is 2.39. The summed E-state index contributed by atoms with van der Waals surface area (Å²) in [5.74, 6) is 0.814. The molecule has 0 radical (unpaired) electrons. The van der Waals surface area contributed by atoms with Crippen molar-refractivity contribution in [3.05, 3.63) is 64.4 Å². The van der Waals surface area contributed by atoms with Gasteiger partial charge in [0.2, 0.25) is 11.9 Å². The van der Waals surface area contributed by atoms with Gasteiger partial charge in [0.1, 0.15) is 17.1 Å². The van der Waals surface area contributed by atoms with Gasteiger partial charge in [0.05, 0.1) is 23.7 Å². The van der Waals surface area contributed by atoms with E-state index in [-0.39, 0.29) is 5.91 Å². The molecule has 2 aromatic heterocycles. The van der Waals surface area contributed by atoms with Crippen LogP contribution in [-0.4, -0.2) is 63.1 Å². The molecule has 1 saturated heterocycles. The minimum absolute atomic E-state index is 0.366. The highest BCUT2D eigenvalue weighted by molar-refractivity contribution is 6.33. The quantitative estimate of drug-likeness (QED) is 0.453. The highest BCUT2D eigenvalue weighted by atomic mass is 35.5. The minimum atomic E-state index is -0.761. The van der Waals surface area contributed by atoms with Crippen LogP contribution in [0.1, 0.15) is 5.82 Å². The van der Waals surface area contributed by atoms with Gasteiger partial charge in [-0.25, -0.2) is 4.98 Å². The maximum Gasteiger partial charge on any atom is 0.241 e. The second kappa shape index (κ2) is 8.23. The summed E-state index contributed by atoms with van der Waals surface area (Å²) >= 11 is 12.7. The number of carbonyl (C=O) groups excluding carboxylic acids is 1. The summed E-state index contributed by atoms with van der Waals surface area (Å²) in [5, 5.41) is 6.14. The summed E-state index contributed by atoms with van der Waals surface area (Å²) < 4.78 is 1.72. The highest BCUT2D eigenvalue weighted by Gasteiger charge is 2.51. The lowest BCUT2D eigenvalue weighted by molar-refractivity contribution is -0.130. The maximum absolute atomic E-state index is 12.2. The number of aromatic nitrogens is 4. The maximum atomic E-state index is 12.2. The van der Waals surface area contributed by atoms with Crippen molar-refractivity contribution in [1.82, 2.24) is 24.5 Å². The van der Waals surface area contributed by atoms with E-state index < -0.39 is 5.54 Å². The number of primary amides is 1. The average molecular weight is 496 g/mol. The summed E-state index contributed by atoms with van der Waals surface area (Å²) in [6, 6.07) is 15.1. The van der Waals surface area contributed by atoms with E-state index in [2.05, 4.69) is 4.98 Å². The Balaban J connectivity index is 1.73. The van der Waals surface area contributed by atoms with Crippen molar-refractivity contribution in [1.29, 1.82) is 0 Å². The van der Waals surface area contributed by atoms with Crippen LogP contribution in [0.15, 0.2) is 48.5 Å². The Morgan fingerprint density at radius 3 is 2.35 bits per heavy atom. The first kappa shape index (κ1) is 22.6. The van der Waals surface area contributed by atoms with Crippen molar-refractivity contribution in [2.24, 2.45) is 5.73 Å². The molecule has 8 nitrogen and oxygen atoms in total. The number of fused-ring (bicyclic) bond motifs is 1. The summed E-state index contributed by atoms with van der Waals surface area (Å²) in [5.41, 5.74) is 8.81. The van der Waals surface area contributed by atoms with E-state index >= 15 is 0 Å². The lowest BCUT2D eigenvalue weighted by atomic mass is 9.88. The fourth-order valence-electron chi connectivity index (χ4n) is 4.34. The molecule has 0 aliphatic carbocycles. The molecule has 2 aromatic carbocycles. The SMILES string of the molecule is Cc1nc(N2CC(C(N)=O)(N(C)C)C2)n2nc(-c3ccccc3Cl)c(-c3ccc(Cl)cc3)c2n1. The standard InChI is InChI=1S/C24H23Cl2N7O/c1-14-28-21-19(15-8-10-16(25)11-9-15)20(17-6-4-5-7-18(17)26)30-33(21)23(29-14)32-12-24(13-32,22(27)34)31(2)3/h4-11H,12-13H2,1-3H3,(H2,27,34). The number of rotatable bonds is 5. The van der Waals surface area contributed by atoms with Gasteiger partial charge < -0.3 is 10.6 Å². The van der Waals surface area contributed by atoms with E-state index in [1.165, 1.54) is 0 Å². The van der Waals surface area contributed by atoms with Crippen LogP contribution in [0, 0.1) is 6.92 Å². The van der Waals surface area contributed by atoms with Crippen molar-refractivity contribution in [2.75, 3.05) is 32.1 Å². The van der Waals surface area contributed by atoms with Gasteiger partial charge in [-0.1, -0.05) is 53.5 Å². The molecule has 0 unspecified atom stereocenters. The number of benzene rings is 2. The molecule has 10 heteroatoms. The Morgan fingerprint density at radius 1 is 1.06 bits per heavy atom. The number of aryl methyl sites for hydroxylation is 1. The zero-order chi connectivity index (χ0) is 24.2. The van der Waals surface area contributed by atoms with E-state index in [0.717, 1.165) is 16.7 Å². The predicted molar refractivity (Wildman–Crippen MR) is 134 cm³/mol. The third kappa shape index (κ3) is 3.50. The molecule has 1 fully saturated rings. The van der Waals surface area contributed by atoms with Crippen molar-refractivity contribution in [2.45, 2.75) is 12.5 Å². The molecule has 1 aliphatic rings. The van der Waals surface area contributed by atoms with Crippen LogP contribution in [-0.2, 0) is 4.79 Å². The van der Waals surface area contributed by atoms with Crippen molar-refractivity contribution >= 4 is 40.7 Å². The van der Waals surface area contributed by atoms with Crippen molar-refractivity contribution in [3.8, 4) is 22.4 Å². The van der Waals surface area contributed by atoms with E-state index in [4.69, 9.17) is 39.0 Å². The molecule has 3 heterocycles. The largest absolute Gasteiger partial charge is 0.368 e. The van der Waals surface area contributed by atoms with E-state index in [0.29, 0.717) is 46.2 Å². The molecule has 174 valence electrons. The van der Waals surface area contributed by atoms with E-state index in [1.54, 1.807) is 4.52 Å². The number of nitrogens with zero attached hydrogens (tertiary/aromatic N) is 6. The monoisotopic (exact) mass is 495 g/mol. The van der Waals surface area contributed by atoms with Gasteiger partial charge in [-0.05, 0) is 44.8 Å². The summed E-state index contributed by atoms with van der Waals surface area (Å²) in [7, 11) is 3.70. The zero-order valence-corrected chi connectivity index (χ0v) is 20.5. The Morgan fingerprint density at radius 2 is 1.74 bits per heavy atom. The number of carbonyl (C=O) groups is 1. The second-order valence-electron chi connectivity index (χ2n) is 8.66. The second-order valence-corrected chi connectivity index (χ2v) is 9.51. The number of hydrogen-bond acceptors (Lipinski definition) is 6. The van der Waals surface area contributed by atoms with Gasteiger partial charge in [0, 0.05) is 10.6 Å². The summed E-state index contributed by atoms with van der Waals surface area (Å²) in [6.45, 7) is 2.64. The molecule has 0 atom stereocenters. The fraction of sp³-hybridized carbons (Fsp3) is 0.250. The van der Waals surface area contributed by atoms with Crippen molar-refractivity contribution < 1.29 is 4.79 Å². The van der Waals surface area contributed by atoms with Gasteiger partial charge >= 0.3 is 0 Å². The van der Waals surface area contributed by atoms with Crippen LogP contribution in [0.5, 0.6) is 0 Å². The molecule has 0 bridgehead atoms. The molecular formula is C24H23Cl2N7O. The smallest absolute Gasteiger partial charge is 0.241 e. The molecule has 4 aromatic rings. The number of amides is 1. The molecule has 5 rings (SSSR count). The topological polar surface area (TPSA) is 92.7 Å². The minimum Gasteiger partial charge on any atom is -0.368 e. The number of halogens is 2. The molecule has 0 spiro atoms. The van der Waals surface area contributed by atoms with Crippen molar-refractivity contribution in [3.63, 3.8) is 0 Å². The van der Waals surface area contributed by atoms with Gasteiger partial charge in [0.25, 0.3) is 0 Å². The number of nitrogens with two attached hydrogens (primary N) is 1. The number of likely N-dealkylation sites (N-methyl/N-ethyl adjacent to an activating group) is 1. The molecule has 34 heavy (non-hydrogen) atoms. The van der Waals surface area contributed by atoms with Gasteiger partial charge in [-0.2, -0.15) is 14.6 Å². The van der Waals surface area contributed by atoms with Gasteiger partial charge in [-0.15, -0.1) is 0 Å². The van der Waals surface area contributed by atoms with Gasteiger partial charge in [-0.3, -0.25) is 9.69 Å². The normalized spacial score (nSPS) is 15.1. The third-order valence-corrected chi connectivity index (χ3v) is 6.93. The zero-order valence-electron chi connectivity index (χ0n) is 19.0. The van der Waals surface area contributed by atoms with Gasteiger partial charge in [0.15, 0.2) is 5.65 Å². The first-order chi connectivity index (χ1) is 16.2. The molecule has 2 N–H and O–H groups in total. The molecule has 0 saturated carbocycles. The van der Waals surface area contributed by atoms with E-state index in [9.17, 15) is 4.79 Å². The lowest BCUT2D eigenvalue weighted by Gasteiger charge is -2.51. The Labute approximate surface area is 206 Å². The predicted octanol–water partition coefficient (Wildman–Crippen LogP) is 3.68. The summed E-state index contributed by atoms with van der Waals surface area (Å²) in [6.07, 6.45) is 0. The Hall–Kier alpha value is -3.20. The van der Waals surface area contributed by atoms with E-state index in [1.807, 2.05) is 79.3 Å². The van der Waals surface area contributed by atoms with Crippen LogP contribution in [0.25, 0.3) is 28.0 Å². The summed E-state index contributed by atoms with van der Waals surface area (Å²) in [4.78, 5) is 25.5. The van der Waals surface area contributed by atoms with Crippen LogP contribution in [0.4, 0.5) is 5.95 Å². The number of hydrogen-bond donors (Lipinski definition) is 1. The Bertz CT molecular complexity index is 1410. The first-order valence-corrected chi connectivity index (χ1v) is 11.5. The lowest BCUT2D eigenvalue weighted by Crippen LogP contribution is -2.74. The van der Waals surface area contributed by atoms with Crippen LogP contribution in [0.3, 0.4) is 0 Å². The third-order valence-electron chi connectivity index (χ3n) is 6.34. The van der Waals surface area contributed by atoms with Crippen LogP contribution >= 0.6 is 23.2 Å². The van der Waals surface area contributed by atoms with Crippen LogP contribution < -0.4 is 10.6 Å². The fourth-order valence-corrected chi connectivity index (χ4v) is 4.69. The van der Waals surface area contributed by atoms with Crippen LogP contribution in [0.2, 0.25) is 10.0 Å². The first-order valence-electron chi connectivity index (χ1n) is 10.7. The molecule has 1 aliphatic heterocycles.